The Bertz CT molecular complexity index is 456. The van der Waals surface area contributed by atoms with E-state index in [0.29, 0.717) is 6.42 Å². The maximum Gasteiger partial charge on any atom is 0.335 e. The molecule has 2 aromatic rings. The molecule has 0 amide bonds. The molecule has 17 heavy (non-hydrogen) atoms. The van der Waals surface area contributed by atoms with Gasteiger partial charge in [0, 0.05) is 0 Å². The molecule has 0 fully saturated rings. The fourth-order valence-corrected chi connectivity index (χ4v) is 1.31. The average Bonchev–Trinajstić information content (AvgIpc) is 2.86. The summed E-state index contributed by atoms with van der Waals surface area (Å²) in [6.45, 7) is 2.11. The molecule has 1 N–H and O–H groups in total. The lowest BCUT2D eigenvalue weighted by Gasteiger charge is -2.06. The molecular weight excluding hydrogens is 218 g/mol. The van der Waals surface area contributed by atoms with Gasteiger partial charge in [-0.05, 0) is 18.6 Å². The van der Waals surface area contributed by atoms with Gasteiger partial charge in [-0.25, -0.2) is 4.68 Å². The molecule has 1 aromatic carbocycles. The van der Waals surface area contributed by atoms with Crippen LogP contribution in [0.1, 0.15) is 13.3 Å². The smallest absolute Gasteiger partial charge is 0.335 e. The van der Waals surface area contributed by atoms with Crippen LogP contribution >= 0.6 is 0 Å². The molecule has 1 atom stereocenters. The largest absolute Gasteiger partial charge is 0.460 e. The molecule has 5 nitrogen and oxygen atoms in total. The van der Waals surface area contributed by atoms with Crippen molar-refractivity contribution in [2.24, 2.45) is 0 Å². The molecule has 0 saturated heterocycles. The highest BCUT2D eigenvalue weighted by Gasteiger charge is 2.06. The van der Waals surface area contributed by atoms with Gasteiger partial charge in [0.05, 0.1) is 11.8 Å². The minimum absolute atomic E-state index is 0.218. The first kappa shape index (κ1) is 11.6. The van der Waals surface area contributed by atoms with Crippen molar-refractivity contribution in [1.29, 1.82) is 0 Å². The third-order valence-corrected chi connectivity index (χ3v) is 2.37. The van der Waals surface area contributed by atoms with E-state index < -0.39 is 6.10 Å². The van der Waals surface area contributed by atoms with Crippen molar-refractivity contribution in [1.82, 2.24) is 14.8 Å². The van der Waals surface area contributed by atoms with Crippen molar-refractivity contribution in [3.63, 3.8) is 0 Å². The summed E-state index contributed by atoms with van der Waals surface area (Å²) in [5, 5.41) is 13.5. The minimum Gasteiger partial charge on any atom is -0.460 e. The Morgan fingerprint density at radius 1 is 1.35 bits per heavy atom. The normalized spacial score (nSPS) is 12.4. The van der Waals surface area contributed by atoms with E-state index in [-0.39, 0.29) is 12.6 Å². The van der Waals surface area contributed by atoms with Crippen molar-refractivity contribution in [2.75, 3.05) is 6.61 Å². The van der Waals surface area contributed by atoms with Crippen LogP contribution in [0.5, 0.6) is 6.01 Å². The number of para-hydroxylation sites is 1. The van der Waals surface area contributed by atoms with Gasteiger partial charge < -0.3 is 9.84 Å². The maximum absolute atomic E-state index is 9.36. The summed E-state index contributed by atoms with van der Waals surface area (Å²) >= 11 is 0. The van der Waals surface area contributed by atoms with E-state index in [2.05, 4.69) is 10.1 Å². The van der Waals surface area contributed by atoms with Gasteiger partial charge in [0.1, 0.15) is 12.9 Å². The molecule has 1 unspecified atom stereocenters. The molecule has 0 aliphatic heterocycles. The van der Waals surface area contributed by atoms with Crippen LogP contribution in [0, 0.1) is 0 Å². The molecule has 0 aliphatic rings. The van der Waals surface area contributed by atoms with Gasteiger partial charge in [0.15, 0.2) is 0 Å². The molecule has 0 aliphatic carbocycles. The monoisotopic (exact) mass is 233 g/mol. The third kappa shape index (κ3) is 3.04. The number of ether oxygens (including phenoxy) is 1. The fraction of sp³-hybridized carbons (Fsp3) is 0.333. The predicted octanol–water partition coefficient (Wildman–Crippen LogP) is 1.42. The van der Waals surface area contributed by atoms with Crippen molar-refractivity contribution in [3.05, 3.63) is 36.7 Å². The number of hydrogen-bond donors (Lipinski definition) is 1. The lowest BCUT2D eigenvalue weighted by Crippen LogP contribution is -2.16. The number of aromatic nitrogens is 3. The van der Waals surface area contributed by atoms with Crippen LogP contribution in [0.15, 0.2) is 36.7 Å². The first-order valence-electron chi connectivity index (χ1n) is 5.57. The lowest BCUT2D eigenvalue weighted by molar-refractivity contribution is 0.0990. The first-order chi connectivity index (χ1) is 8.29. The van der Waals surface area contributed by atoms with Crippen LogP contribution in [0.2, 0.25) is 0 Å². The van der Waals surface area contributed by atoms with E-state index in [1.165, 1.54) is 0 Å². The van der Waals surface area contributed by atoms with E-state index >= 15 is 0 Å². The van der Waals surface area contributed by atoms with E-state index in [9.17, 15) is 5.11 Å². The Labute approximate surface area is 99.7 Å². The third-order valence-electron chi connectivity index (χ3n) is 2.37. The molecule has 0 radical (unpaired) electrons. The number of aliphatic hydroxyl groups is 1. The van der Waals surface area contributed by atoms with Crippen molar-refractivity contribution < 1.29 is 9.84 Å². The second-order valence-corrected chi connectivity index (χ2v) is 3.68. The second kappa shape index (κ2) is 5.45. The highest BCUT2D eigenvalue weighted by atomic mass is 16.5. The minimum atomic E-state index is -0.473. The number of rotatable bonds is 5. The maximum atomic E-state index is 9.36. The van der Waals surface area contributed by atoms with E-state index in [4.69, 9.17) is 4.74 Å². The summed E-state index contributed by atoms with van der Waals surface area (Å²) in [6, 6.07) is 9.94. The zero-order valence-corrected chi connectivity index (χ0v) is 9.65. The first-order valence-corrected chi connectivity index (χ1v) is 5.57. The van der Waals surface area contributed by atoms with Crippen molar-refractivity contribution >= 4 is 0 Å². The Morgan fingerprint density at radius 2 is 2.12 bits per heavy atom. The molecule has 0 bridgehead atoms. The van der Waals surface area contributed by atoms with E-state index in [1.54, 1.807) is 11.0 Å². The van der Waals surface area contributed by atoms with Gasteiger partial charge >= 0.3 is 6.01 Å². The summed E-state index contributed by atoms with van der Waals surface area (Å²) in [5.41, 5.74) is 0.922. The summed E-state index contributed by atoms with van der Waals surface area (Å²) in [4.78, 5) is 4.02. The second-order valence-electron chi connectivity index (χ2n) is 3.68. The van der Waals surface area contributed by atoms with Crippen molar-refractivity contribution in [3.8, 4) is 11.7 Å². The number of aliphatic hydroxyl groups excluding tert-OH is 1. The van der Waals surface area contributed by atoms with Gasteiger partial charge in [-0.2, -0.15) is 4.98 Å². The Kier molecular flexibility index (Phi) is 3.72. The highest BCUT2D eigenvalue weighted by Crippen LogP contribution is 2.08. The van der Waals surface area contributed by atoms with Crippen LogP contribution in [-0.4, -0.2) is 32.6 Å². The van der Waals surface area contributed by atoms with Crippen LogP contribution in [0.4, 0.5) is 0 Å². The number of benzene rings is 1. The lowest BCUT2D eigenvalue weighted by atomic mass is 10.3. The molecule has 0 saturated carbocycles. The molecule has 1 aromatic heterocycles. The topological polar surface area (TPSA) is 60.2 Å². The van der Waals surface area contributed by atoms with E-state index in [1.807, 2.05) is 37.3 Å². The average molecular weight is 233 g/mol. The number of hydrogen-bond acceptors (Lipinski definition) is 4. The Hall–Kier alpha value is -1.88. The summed E-state index contributed by atoms with van der Waals surface area (Å²) in [5.74, 6) is 0. The van der Waals surface area contributed by atoms with Gasteiger partial charge in [0.2, 0.25) is 0 Å². The van der Waals surface area contributed by atoms with Crippen LogP contribution < -0.4 is 4.74 Å². The van der Waals surface area contributed by atoms with Crippen LogP contribution in [0.3, 0.4) is 0 Å². The fourth-order valence-electron chi connectivity index (χ4n) is 1.31. The summed E-state index contributed by atoms with van der Waals surface area (Å²) in [7, 11) is 0. The van der Waals surface area contributed by atoms with Gasteiger partial charge in [0.25, 0.3) is 0 Å². The molecule has 90 valence electrons. The quantitative estimate of drug-likeness (QED) is 0.848. The molecule has 2 rings (SSSR count). The zero-order valence-electron chi connectivity index (χ0n) is 9.65. The van der Waals surface area contributed by atoms with Gasteiger partial charge in [-0.15, -0.1) is 5.10 Å². The van der Waals surface area contributed by atoms with Crippen molar-refractivity contribution in [2.45, 2.75) is 19.4 Å². The van der Waals surface area contributed by atoms with Crippen LogP contribution in [0.25, 0.3) is 5.69 Å². The van der Waals surface area contributed by atoms with Gasteiger partial charge in [-0.3, -0.25) is 0 Å². The van der Waals surface area contributed by atoms with E-state index in [0.717, 1.165) is 5.69 Å². The molecular formula is C12H15N3O2. The van der Waals surface area contributed by atoms with Crippen LogP contribution in [-0.2, 0) is 0 Å². The predicted molar refractivity (Wildman–Crippen MR) is 63.2 cm³/mol. The Balaban J connectivity index is 2.01. The van der Waals surface area contributed by atoms with Gasteiger partial charge in [-0.1, -0.05) is 25.1 Å². The highest BCUT2D eigenvalue weighted by molar-refractivity contribution is 5.29. The molecule has 1 heterocycles. The number of nitrogens with zero attached hydrogens (tertiary/aromatic N) is 3. The summed E-state index contributed by atoms with van der Waals surface area (Å²) < 4.78 is 6.90. The summed E-state index contributed by atoms with van der Waals surface area (Å²) in [6.07, 6.45) is 1.77. The standard InChI is InChI=1S/C12H15N3O2/c1-2-11(16)8-17-12-13-9-15(14-12)10-6-4-3-5-7-10/h3-7,9,11,16H,2,8H2,1H3. The molecule has 5 heteroatoms. The zero-order chi connectivity index (χ0) is 12.1. The SMILES string of the molecule is CCC(O)COc1ncn(-c2ccccc2)n1. The Morgan fingerprint density at radius 3 is 2.82 bits per heavy atom. The molecule has 0 spiro atoms.